The van der Waals surface area contributed by atoms with E-state index >= 15 is 0 Å². The van der Waals surface area contributed by atoms with Crippen molar-refractivity contribution in [3.05, 3.63) is 51.7 Å². The van der Waals surface area contributed by atoms with Crippen LogP contribution >= 0.6 is 23.7 Å². The lowest BCUT2D eigenvalue weighted by Crippen LogP contribution is -2.30. The van der Waals surface area contributed by atoms with Gasteiger partial charge >= 0.3 is 6.03 Å². The van der Waals surface area contributed by atoms with Gasteiger partial charge in [0.1, 0.15) is 5.00 Å². The molecule has 7 nitrogen and oxygen atoms in total. The number of halogens is 1. The van der Waals surface area contributed by atoms with Crippen molar-refractivity contribution >= 4 is 52.1 Å². The number of rotatable bonds is 4. The van der Waals surface area contributed by atoms with Crippen LogP contribution in [0.1, 0.15) is 27.7 Å². The second-order valence-electron chi connectivity index (χ2n) is 5.93. The van der Waals surface area contributed by atoms with E-state index in [4.69, 9.17) is 12.3 Å². The Hall–Kier alpha value is -2.60. The van der Waals surface area contributed by atoms with E-state index in [1.807, 2.05) is 0 Å². The lowest BCUT2D eigenvalue weighted by atomic mass is 10.0. The van der Waals surface area contributed by atoms with E-state index in [1.54, 1.807) is 24.3 Å². The highest BCUT2D eigenvalue weighted by Gasteiger charge is 2.27. The number of benzene rings is 1. The Bertz CT molecular complexity index is 906. The van der Waals surface area contributed by atoms with Crippen molar-refractivity contribution in [3.8, 4) is 0 Å². The van der Waals surface area contributed by atoms with Crippen molar-refractivity contribution in [2.75, 3.05) is 23.7 Å². The molecule has 2 aromatic rings. The lowest BCUT2D eigenvalue weighted by molar-refractivity contribution is 0.1000. The molecule has 0 saturated carbocycles. The van der Waals surface area contributed by atoms with Crippen molar-refractivity contribution < 1.29 is 9.59 Å². The molecule has 0 bridgehead atoms. The number of fused-ring (bicyclic) bond motifs is 1. The van der Waals surface area contributed by atoms with E-state index in [0.717, 1.165) is 36.5 Å². The normalized spacial score (nSPS) is 13.0. The largest absolute Gasteiger partial charge is 0.365 e. The van der Waals surface area contributed by atoms with Gasteiger partial charge in [-0.05, 0) is 30.7 Å². The number of hydrogen-bond donors (Lipinski definition) is 3. The van der Waals surface area contributed by atoms with Crippen LogP contribution in [0.4, 0.5) is 21.2 Å². The molecule has 0 radical (unpaired) electrons. The first kappa shape index (κ1) is 20.7. The van der Waals surface area contributed by atoms with Crippen LogP contribution in [-0.4, -0.2) is 29.9 Å². The standard InChI is InChI=1S/C18H19N5O2S.ClH/c1-3-23-8-7-13-14(10-23)26-17(15(13)16(19)24)22-18(25)21-12-6-4-5-11(9-12)20-2;/h4-6,9H,3,7-8,10H2,1H3,(H2,19,24)(H2,21,22,25);1H. The van der Waals surface area contributed by atoms with Gasteiger partial charge in [-0.3, -0.25) is 15.0 Å². The summed E-state index contributed by atoms with van der Waals surface area (Å²) in [4.78, 5) is 31.0. The molecule has 1 aliphatic rings. The van der Waals surface area contributed by atoms with Crippen molar-refractivity contribution in [2.45, 2.75) is 19.9 Å². The fourth-order valence-corrected chi connectivity index (χ4v) is 4.28. The maximum Gasteiger partial charge on any atom is 0.324 e. The Morgan fingerprint density at radius 1 is 1.37 bits per heavy atom. The van der Waals surface area contributed by atoms with E-state index < -0.39 is 11.9 Å². The number of thiophene rings is 1. The Morgan fingerprint density at radius 3 is 2.81 bits per heavy atom. The van der Waals surface area contributed by atoms with E-state index in [-0.39, 0.29) is 12.4 Å². The summed E-state index contributed by atoms with van der Waals surface area (Å²) >= 11 is 1.39. The van der Waals surface area contributed by atoms with Crippen molar-refractivity contribution in [2.24, 2.45) is 5.73 Å². The third-order valence-corrected chi connectivity index (χ3v) is 5.42. The summed E-state index contributed by atoms with van der Waals surface area (Å²) < 4.78 is 0. The van der Waals surface area contributed by atoms with Gasteiger partial charge in [0, 0.05) is 23.7 Å². The number of nitrogens with two attached hydrogens (primary N) is 1. The van der Waals surface area contributed by atoms with E-state index in [2.05, 4.69) is 27.3 Å². The van der Waals surface area contributed by atoms with E-state index in [0.29, 0.717) is 21.9 Å². The Morgan fingerprint density at radius 2 is 2.15 bits per heavy atom. The predicted molar refractivity (Wildman–Crippen MR) is 110 cm³/mol. The molecule has 0 saturated heterocycles. The number of likely N-dealkylation sites (N-methyl/N-ethyl adjacent to an activating group) is 1. The summed E-state index contributed by atoms with van der Waals surface area (Å²) in [5.41, 5.74) is 7.86. The topological polar surface area (TPSA) is 91.8 Å². The molecule has 0 atom stereocenters. The number of hydrogen-bond acceptors (Lipinski definition) is 4. The highest BCUT2D eigenvalue weighted by Crippen LogP contribution is 2.37. The number of anilines is 2. The molecule has 3 rings (SSSR count). The number of primary amides is 1. The third kappa shape index (κ3) is 4.57. The van der Waals surface area contributed by atoms with Crippen LogP contribution in [0.3, 0.4) is 0 Å². The number of nitrogens with zero attached hydrogens (tertiary/aromatic N) is 2. The molecule has 0 unspecified atom stereocenters. The lowest BCUT2D eigenvalue weighted by Gasteiger charge is -2.25. The Labute approximate surface area is 167 Å². The fraction of sp³-hybridized carbons (Fsp3) is 0.278. The summed E-state index contributed by atoms with van der Waals surface area (Å²) in [5.74, 6) is -0.530. The second kappa shape index (κ2) is 8.86. The number of urea groups is 1. The zero-order valence-electron chi connectivity index (χ0n) is 14.7. The fourth-order valence-electron chi connectivity index (χ4n) is 2.99. The zero-order chi connectivity index (χ0) is 18.7. The van der Waals surface area contributed by atoms with Gasteiger partial charge in [0.2, 0.25) is 0 Å². The SMILES string of the molecule is Cl.[C-]#[N+]c1cccc(NC(=O)Nc2sc3c(c2C(N)=O)CCN(CC)C3)c1. The highest BCUT2D eigenvalue weighted by molar-refractivity contribution is 7.17. The average Bonchev–Trinajstić information content (AvgIpc) is 2.98. The number of amides is 3. The maximum atomic E-state index is 12.3. The van der Waals surface area contributed by atoms with Gasteiger partial charge in [-0.25, -0.2) is 9.64 Å². The van der Waals surface area contributed by atoms with Gasteiger partial charge in [0.05, 0.1) is 12.1 Å². The second-order valence-corrected chi connectivity index (χ2v) is 7.04. The van der Waals surface area contributed by atoms with Crippen LogP contribution in [0.5, 0.6) is 0 Å². The summed E-state index contributed by atoms with van der Waals surface area (Å²) in [5, 5.41) is 5.89. The predicted octanol–water partition coefficient (Wildman–Crippen LogP) is 3.84. The monoisotopic (exact) mass is 405 g/mol. The molecule has 1 aliphatic heterocycles. The van der Waals surface area contributed by atoms with Gasteiger partial charge in [0.15, 0.2) is 5.69 Å². The average molecular weight is 406 g/mol. The quantitative estimate of drug-likeness (QED) is 0.675. The molecule has 0 fully saturated rings. The molecule has 1 aromatic carbocycles. The summed E-state index contributed by atoms with van der Waals surface area (Å²) in [7, 11) is 0. The summed E-state index contributed by atoms with van der Waals surface area (Å²) in [6, 6.07) is 6.16. The molecular formula is C18H20ClN5O2S. The first-order chi connectivity index (χ1) is 12.5. The van der Waals surface area contributed by atoms with Crippen LogP contribution < -0.4 is 16.4 Å². The van der Waals surface area contributed by atoms with Crippen LogP contribution in [0.2, 0.25) is 0 Å². The van der Waals surface area contributed by atoms with Gasteiger partial charge in [0.25, 0.3) is 5.91 Å². The molecule has 1 aromatic heterocycles. The summed E-state index contributed by atoms with van der Waals surface area (Å²) in [6.07, 6.45) is 0.744. The molecule has 9 heteroatoms. The maximum absolute atomic E-state index is 12.3. The Kier molecular flexibility index (Phi) is 6.80. The first-order valence-corrected chi connectivity index (χ1v) is 9.05. The van der Waals surface area contributed by atoms with Gasteiger partial charge in [-0.1, -0.05) is 19.1 Å². The number of carbonyl (C=O) groups is 2. The molecule has 4 N–H and O–H groups in total. The third-order valence-electron chi connectivity index (χ3n) is 4.29. The minimum absolute atomic E-state index is 0. The molecule has 27 heavy (non-hydrogen) atoms. The smallest absolute Gasteiger partial charge is 0.324 e. The number of carbonyl (C=O) groups excluding carboxylic acids is 2. The molecule has 0 aliphatic carbocycles. The van der Waals surface area contributed by atoms with Crippen molar-refractivity contribution in [3.63, 3.8) is 0 Å². The highest BCUT2D eigenvalue weighted by atomic mass is 35.5. The molecule has 0 spiro atoms. The molecular weight excluding hydrogens is 386 g/mol. The molecule has 3 amide bonds. The van der Waals surface area contributed by atoms with Gasteiger partial charge in [-0.2, -0.15) is 0 Å². The van der Waals surface area contributed by atoms with E-state index in [1.165, 1.54) is 11.3 Å². The van der Waals surface area contributed by atoms with Gasteiger partial charge < -0.3 is 11.1 Å². The zero-order valence-corrected chi connectivity index (χ0v) is 16.4. The summed E-state index contributed by atoms with van der Waals surface area (Å²) in [6.45, 7) is 11.7. The number of nitrogens with one attached hydrogen (secondary N) is 2. The molecule has 2 heterocycles. The van der Waals surface area contributed by atoms with Crippen LogP contribution in [0.25, 0.3) is 4.85 Å². The van der Waals surface area contributed by atoms with Crippen LogP contribution in [0, 0.1) is 6.57 Å². The Balaban J connectivity index is 0.00000261. The minimum Gasteiger partial charge on any atom is -0.365 e. The first-order valence-electron chi connectivity index (χ1n) is 8.24. The van der Waals surface area contributed by atoms with Crippen LogP contribution in [0.15, 0.2) is 24.3 Å². The molecule has 142 valence electrons. The van der Waals surface area contributed by atoms with Crippen LogP contribution in [-0.2, 0) is 13.0 Å². The van der Waals surface area contributed by atoms with Crippen molar-refractivity contribution in [1.29, 1.82) is 0 Å². The minimum atomic E-state index is -0.530. The van der Waals surface area contributed by atoms with Gasteiger partial charge in [-0.15, -0.1) is 23.7 Å². The van der Waals surface area contributed by atoms with E-state index in [9.17, 15) is 9.59 Å². The van der Waals surface area contributed by atoms with Crippen molar-refractivity contribution in [1.82, 2.24) is 4.90 Å².